The van der Waals surface area contributed by atoms with Crippen molar-refractivity contribution >= 4 is 96.9 Å². The Bertz CT molecular complexity index is 6080. The number of nitrogens with one attached hydrogen (secondary N) is 5. The topological polar surface area (TPSA) is 318 Å². The molecule has 2 aliphatic carbocycles. The lowest BCUT2D eigenvalue weighted by Crippen LogP contribution is -2.43. The number of Topliss-reactive ketones (excluding diaryl/α,β-unsaturated/α-hetero) is 5. The highest BCUT2D eigenvalue weighted by molar-refractivity contribution is 6.02. The van der Waals surface area contributed by atoms with Crippen LogP contribution >= 0.6 is 0 Å². The molecule has 0 unspecified atom stereocenters. The van der Waals surface area contributed by atoms with Crippen LogP contribution in [0.25, 0.3) is 44.5 Å². The van der Waals surface area contributed by atoms with Gasteiger partial charge < -0.3 is 84.2 Å². The minimum absolute atomic E-state index is 0.0675. The SMILES string of the molecule is Nc1ccc(-c2ccccc2)cc1CC(=O)c1ccc(N2CCNCC2)cc1.Nc1ccc(-c2ccncc2)cc1CC(=O)c1ccc(N2CCNCC2)cc1.Nc1ccc(-c2ccoc2)cc1CC(=O)c1ccc(N2CCNCC2)cc1.Nc1ccc(C2=CC=CC2)cc1CC(=O)c1ccc(N2CCNCC2)cc1.Nc1ccc(C2=CC=CC2)cc1CC(=O)c1ccc(N2CCNCC2)cc1. The van der Waals surface area contributed by atoms with Crippen molar-refractivity contribution in [3.8, 4) is 33.4 Å². The van der Waals surface area contributed by atoms with E-state index in [2.05, 4.69) is 117 Å². The standard InChI is InChI=1S/C24H25N3O.C23H24N4O.2C23H25N3O.C22H23N3O2/c25-23-11-8-20(18-4-2-1-3-5-18)16-21(23)17-24(28)19-6-9-22(10-7-19)27-14-12-26-13-15-27;24-22-6-3-19(17-7-9-25-10-8-17)15-20(22)16-23(28)18-1-4-21(5-2-18)27-13-11-26-12-14-27;2*24-22-10-7-19(17-3-1-2-4-17)15-20(22)16-23(27)18-5-8-21(9-6-18)26-13-11-25-12-14-26;23-21-6-3-17(18-7-12-27-15-18)13-19(21)14-22(26)16-1-4-20(5-2-16)25-10-8-24-9-11-25/h1-11,16,26H,12-15,17,25H2;1-10,15,26H,11-14,16,24H2;2*1-3,5-10,15,25H,4,11-14,16,24H2;1-7,12-13,15,24H,8-11,14,23H2. The third kappa shape index (κ3) is 25.9. The van der Waals surface area contributed by atoms with E-state index in [1.54, 1.807) is 24.9 Å². The molecular weight excluding hydrogens is 1700 g/mol. The first-order valence-corrected chi connectivity index (χ1v) is 47.6. The number of nitrogen functional groups attached to an aromatic ring is 5. The molecule has 5 aliphatic heterocycles. The highest BCUT2D eigenvalue weighted by atomic mass is 16.3. The van der Waals surface area contributed by atoms with Crippen molar-refractivity contribution in [1.29, 1.82) is 0 Å². The molecule has 0 atom stereocenters. The van der Waals surface area contributed by atoms with E-state index in [-0.39, 0.29) is 41.8 Å². The third-order valence-corrected chi connectivity index (χ3v) is 26.1. The normalized spacial score (nSPS) is 15.1. The summed E-state index contributed by atoms with van der Waals surface area (Å²) in [6.07, 6.45) is 22.9. The number of carbonyl (C=O) groups excluding carboxylic acids is 5. The van der Waals surface area contributed by atoms with Gasteiger partial charge in [0, 0.05) is 266 Å². The number of hydrogen-bond acceptors (Lipinski definition) is 22. The number of allylic oxidation sites excluding steroid dienone is 8. The van der Waals surface area contributed by atoms with Gasteiger partial charge >= 0.3 is 0 Å². The Kier molecular flexibility index (Phi) is 32.8. The Morgan fingerprint density at radius 1 is 0.270 bits per heavy atom. The number of furan rings is 1. The number of carbonyl (C=O) groups is 5. The molecule has 15 N–H and O–H groups in total. The van der Waals surface area contributed by atoms with E-state index in [0.29, 0.717) is 58.8 Å². The number of benzene rings is 11. The number of nitrogens with zero attached hydrogens (tertiary/aromatic N) is 6. The molecule has 7 heterocycles. The summed E-state index contributed by atoms with van der Waals surface area (Å²) in [7, 11) is 0. The molecule has 5 fully saturated rings. The van der Waals surface area contributed by atoms with E-state index in [0.717, 1.165) is 244 Å². The van der Waals surface area contributed by atoms with Gasteiger partial charge in [-0.05, 0) is 291 Å². The second-order valence-corrected chi connectivity index (χ2v) is 35.2. The van der Waals surface area contributed by atoms with Crippen LogP contribution in [0.5, 0.6) is 0 Å². The molecule has 2 aromatic heterocycles. The maximum absolute atomic E-state index is 12.8. The molecule has 22 heteroatoms. The van der Waals surface area contributed by atoms with E-state index in [4.69, 9.17) is 33.1 Å². The van der Waals surface area contributed by atoms with Gasteiger partial charge in [0.1, 0.15) is 0 Å². The summed E-state index contributed by atoms with van der Waals surface area (Å²) in [5, 5.41) is 16.8. The Morgan fingerprint density at radius 3 is 0.766 bits per heavy atom. The largest absolute Gasteiger partial charge is 0.472 e. The highest BCUT2D eigenvalue weighted by Crippen LogP contribution is 2.34. The minimum atomic E-state index is 0.0675. The molecule has 698 valence electrons. The van der Waals surface area contributed by atoms with Crippen molar-refractivity contribution in [2.45, 2.75) is 44.9 Å². The van der Waals surface area contributed by atoms with E-state index in [1.165, 1.54) is 28.2 Å². The van der Waals surface area contributed by atoms with Crippen LogP contribution < -0.4 is 79.8 Å². The minimum Gasteiger partial charge on any atom is -0.472 e. The molecule has 5 saturated heterocycles. The van der Waals surface area contributed by atoms with Gasteiger partial charge in [-0.15, -0.1) is 0 Å². The van der Waals surface area contributed by atoms with Gasteiger partial charge in [0.2, 0.25) is 0 Å². The van der Waals surface area contributed by atoms with Crippen molar-refractivity contribution in [3.05, 3.63) is 389 Å². The molecule has 7 aliphatic rings. The van der Waals surface area contributed by atoms with Crippen LogP contribution in [-0.4, -0.2) is 165 Å². The summed E-state index contributed by atoms with van der Waals surface area (Å²) in [4.78, 5) is 79.7. The van der Waals surface area contributed by atoms with Crippen molar-refractivity contribution in [1.82, 2.24) is 31.6 Å². The second kappa shape index (κ2) is 47.2. The maximum Gasteiger partial charge on any atom is 0.167 e. The van der Waals surface area contributed by atoms with E-state index >= 15 is 0 Å². The average molecular weight is 1820 g/mol. The molecule has 0 bridgehead atoms. The van der Waals surface area contributed by atoms with Crippen molar-refractivity contribution in [3.63, 3.8) is 0 Å². The number of rotatable bonds is 25. The summed E-state index contributed by atoms with van der Waals surface area (Å²) in [5.74, 6) is 0.431. The van der Waals surface area contributed by atoms with Gasteiger partial charge in [0.15, 0.2) is 28.9 Å². The zero-order valence-corrected chi connectivity index (χ0v) is 77.7. The zero-order chi connectivity index (χ0) is 94.6. The summed E-state index contributed by atoms with van der Waals surface area (Å²) < 4.78 is 5.14. The molecule has 0 spiro atoms. The van der Waals surface area contributed by atoms with Gasteiger partial charge in [-0.25, -0.2) is 0 Å². The van der Waals surface area contributed by atoms with Crippen LogP contribution in [-0.2, 0) is 32.1 Å². The monoisotopic (exact) mass is 1820 g/mol. The smallest absolute Gasteiger partial charge is 0.167 e. The van der Waals surface area contributed by atoms with Gasteiger partial charge in [-0.1, -0.05) is 97.1 Å². The van der Waals surface area contributed by atoms with Crippen molar-refractivity contribution in [2.75, 3.05) is 184 Å². The zero-order valence-electron chi connectivity index (χ0n) is 77.7. The summed E-state index contributed by atoms with van der Waals surface area (Å²) in [6, 6.07) is 85.1. The van der Waals surface area contributed by atoms with E-state index in [1.807, 2.05) is 237 Å². The van der Waals surface area contributed by atoms with Crippen LogP contribution in [0.2, 0.25) is 0 Å². The second-order valence-electron chi connectivity index (χ2n) is 35.2. The van der Waals surface area contributed by atoms with E-state index < -0.39 is 0 Å². The van der Waals surface area contributed by atoms with Crippen LogP contribution in [0.15, 0.2) is 327 Å². The number of hydrogen-bond donors (Lipinski definition) is 10. The quantitative estimate of drug-likeness (QED) is 0.0188. The Morgan fingerprint density at radius 2 is 0.518 bits per heavy atom. The first kappa shape index (κ1) is 95.1. The molecule has 22 nitrogen and oxygen atoms in total. The third-order valence-electron chi connectivity index (χ3n) is 26.1. The summed E-state index contributed by atoms with van der Waals surface area (Å²) >= 11 is 0. The number of piperazine rings is 5. The fraction of sp³-hybridized carbons (Fsp3) is 0.235. The lowest BCUT2D eigenvalue weighted by Gasteiger charge is -2.29. The molecule has 0 amide bonds. The highest BCUT2D eigenvalue weighted by Gasteiger charge is 2.23. The number of nitrogens with two attached hydrogens (primary N) is 5. The Labute approximate surface area is 803 Å². The summed E-state index contributed by atoms with van der Waals surface area (Å²) in [5.41, 5.74) is 58.9. The summed E-state index contributed by atoms with van der Waals surface area (Å²) in [6.45, 7) is 19.9. The number of ketones is 5. The molecule has 0 saturated carbocycles. The molecule has 13 aromatic rings. The first-order chi connectivity index (χ1) is 67.0. The Hall–Kier alpha value is -15.0. The molecule has 137 heavy (non-hydrogen) atoms. The van der Waals surface area contributed by atoms with Gasteiger partial charge in [0.25, 0.3) is 0 Å². The maximum atomic E-state index is 12.8. The predicted molar refractivity (Wildman–Crippen MR) is 562 cm³/mol. The number of pyridine rings is 1. The first-order valence-electron chi connectivity index (χ1n) is 47.6. The lowest BCUT2D eigenvalue weighted by molar-refractivity contribution is 0.0985. The van der Waals surface area contributed by atoms with Crippen LogP contribution in [0.3, 0.4) is 0 Å². The van der Waals surface area contributed by atoms with Gasteiger partial charge in [-0.3, -0.25) is 29.0 Å². The predicted octanol–water partition coefficient (Wildman–Crippen LogP) is 17.2. The van der Waals surface area contributed by atoms with Crippen LogP contribution in [0.1, 0.15) is 104 Å². The molecule has 20 rings (SSSR count). The number of aromatic nitrogens is 1. The molecular formula is C115H122N16O6. The number of anilines is 10. The molecule has 11 aromatic carbocycles. The van der Waals surface area contributed by atoms with Gasteiger partial charge in [-0.2, -0.15) is 0 Å². The van der Waals surface area contributed by atoms with Crippen molar-refractivity contribution in [2.24, 2.45) is 0 Å². The van der Waals surface area contributed by atoms with E-state index in [9.17, 15) is 24.0 Å². The Balaban J connectivity index is 0.000000124. The fourth-order valence-corrected chi connectivity index (χ4v) is 17.9. The molecule has 0 radical (unpaired) electrons. The van der Waals surface area contributed by atoms with Gasteiger partial charge in [0.05, 0.1) is 12.5 Å². The average Bonchev–Trinajstić information content (AvgIpc) is 1.70. The van der Waals surface area contributed by atoms with Crippen LogP contribution in [0, 0.1) is 0 Å². The fourth-order valence-electron chi connectivity index (χ4n) is 17.9. The van der Waals surface area contributed by atoms with Crippen LogP contribution in [0.4, 0.5) is 56.9 Å². The lowest BCUT2D eigenvalue weighted by atomic mass is 9.96. The van der Waals surface area contributed by atoms with Crippen molar-refractivity contribution < 1.29 is 28.4 Å².